The molecule has 0 amide bonds. The number of halogens is 2. The van der Waals surface area contributed by atoms with Crippen molar-refractivity contribution in [1.29, 1.82) is 0 Å². The molecule has 0 N–H and O–H groups in total. The van der Waals surface area contributed by atoms with Gasteiger partial charge in [-0.1, -0.05) is 27.5 Å². The fourth-order valence-electron chi connectivity index (χ4n) is 4.47. The largest absolute Gasteiger partial charge is 0.464 e. The van der Waals surface area contributed by atoms with Gasteiger partial charge >= 0.3 is 5.97 Å². The number of esters is 1. The van der Waals surface area contributed by atoms with Crippen molar-refractivity contribution >= 4 is 39.2 Å². The number of benzene rings is 3. The number of hydrazone groups is 1. The molecule has 2 atom stereocenters. The maximum atomic E-state index is 12.5. The van der Waals surface area contributed by atoms with E-state index >= 15 is 0 Å². The summed E-state index contributed by atoms with van der Waals surface area (Å²) >= 11 is 9.68. The lowest BCUT2D eigenvalue weighted by Gasteiger charge is -2.38. The third-order valence-electron chi connectivity index (χ3n) is 6.23. The van der Waals surface area contributed by atoms with Crippen LogP contribution in [0.3, 0.4) is 0 Å². The number of ether oxygens (including phenoxy) is 2. The normalized spacial score (nSPS) is 18.2. The Morgan fingerprint density at radius 3 is 2.56 bits per heavy atom. The number of carbonyl (C=O) groups is 1. The third kappa shape index (κ3) is 4.29. The second-order valence-corrected chi connectivity index (χ2v) is 10.0. The molecule has 6 nitrogen and oxygen atoms in total. The number of carbonyl (C=O) groups excluding carboxylic acids is 1. The van der Waals surface area contributed by atoms with Crippen molar-refractivity contribution in [3.63, 3.8) is 0 Å². The van der Waals surface area contributed by atoms with Gasteiger partial charge in [-0.2, -0.15) is 5.10 Å². The Morgan fingerprint density at radius 2 is 1.83 bits per heavy atom. The number of nitrogens with zero attached hydrogens (tertiary/aromatic N) is 2. The zero-order valence-corrected chi connectivity index (χ0v) is 21.5. The van der Waals surface area contributed by atoms with Gasteiger partial charge in [0.15, 0.2) is 0 Å². The van der Waals surface area contributed by atoms with E-state index in [4.69, 9.17) is 30.6 Å². The van der Waals surface area contributed by atoms with E-state index in [1.54, 1.807) is 36.4 Å². The van der Waals surface area contributed by atoms with E-state index in [2.05, 4.69) is 15.9 Å². The minimum atomic E-state index is -0.464. The summed E-state index contributed by atoms with van der Waals surface area (Å²) in [5.41, 5.74) is 3.20. The monoisotopic (exact) mass is 562 g/mol. The topological polar surface area (TPSA) is 64.3 Å². The molecule has 0 aliphatic carbocycles. The maximum absolute atomic E-state index is 12.5. The first kappa shape index (κ1) is 22.9. The first-order valence-corrected chi connectivity index (χ1v) is 12.6. The Bertz CT molecular complexity index is 1480. The van der Waals surface area contributed by atoms with Crippen molar-refractivity contribution in [2.75, 3.05) is 0 Å². The lowest BCUT2D eigenvalue weighted by molar-refractivity contribution is -0.0190. The molecule has 0 saturated heterocycles. The van der Waals surface area contributed by atoms with Crippen molar-refractivity contribution in [2.45, 2.75) is 25.6 Å². The molecule has 4 aromatic rings. The number of fused-ring (bicyclic) bond motifs is 3. The first-order valence-electron chi connectivity index (χ1n) is 11.4. The van der Waals surface area contributed by atoms with Crippen LogP contribution in [0.25, 0.3) is 0 Å². The van der Waals surface area contributed by atoms with Crippen molar-refractivity contribution < 1.29 is 18.7 Å². The average molecular weight is 564 g/mol. The van der Waals surface area contributed by atoms with Crippen LogP contribution < -0.4 is 9.47 Å². The molecule has 0 saturated carbocycles. The minimum Gasteiger partial charge on any atom is -0.464 e. The van der Waals surface area contributed by atoms with Crippen LogP contribution in [0.1, 0.15) is 51.7 Å². The van der Waals surface area contributed by atoms with Crippen LogP contribution in [-0.4, -0.2) is 16.7 Å². The third-order valence-corrected chi connectivity index (χ3v) is 7.00. The van der Waals surface area contributed by atoms with Gasteiger partial charge in [0.05, 0.1) is 11.6 Å². The summed E-state index contributed by atoms with van der Waals surface area (Å²) in [7, 11) is 0. The predicted molar refractivity (Wildman–Crippen MR) is 140 cm³/mol. The summed E-state index contributed by atoms with van der Waals surface area (Å²) < 4.78 is 18.7. The number of furan rings is 1. The minimum absolute atomic E-state index is 0.0484. The van der Waals surface area contributed by atoms with E-state index in [0.29, 0.717) is 22.8 Å². The number of hydrogen-bond donors (Lipinski definition) is 0. The number of hydrogen-bond acceptors (Lipinski definition) is 6. The van der Waals surface area contributed by atoms with Gasteiger partial charge in [0.25, 0.3) is 0 Å². The Hall–Kier alpha value is -3.55. The molecular formula is C28H20BrClN2O4. The fraction of sp³-hybridized carbons (Fsp3) is 0.143. The lowest BCUT2D eigenvalue weighted by Crippen LogP contribution is -2.33. The molecule has 0 bridgehead atoms. The number of aryl methyl sites for hydroxylation is 1. The molecule has 36 heavy (non-hydrogen) atoms. The molecule has 2 aliphatic heterocycles. The smallest absolute Gasteiger partial charge is 0.343 e. The van der Waals surface area contributed by atoms with Gasteiger partial charge < -0.3 is 13.9 Å². The first-order chi connectivity index (χ1) is 17.4. The molecular weight excluding hydrogens is 544 g/mol. The lowest BCUT2D eigenvalue weighted by atomic mass is 9.97. The van der Waals surface area contributed by atoms with Crippen LogP contribution in [0.2, 0.25) is 5.02 Å². The fourth-order valence-corrected chi connectivity index (χ4v) is 4.91. The van der Waals surface area contributed by atoms with E-state index in [-0.39, 0.29) is 6.04 Å². The van der Waals surface area contributed by atoms with Gasteiger partial charge in [-0.05, 0) is 85.8 Å². The van der Waals surface area contributed by atoms with Gasteiger partial charge in [0, 0.05) is 27.0 Å². The van der Waals surface area contributed by atoms with Gasteiger partial charge in [-0.3, -0.25) is 0 Å². The molecule has 180 valence electrons. The van der Waals surface area contributed by atoms with E-state index in [1.165, 1.54) is 0 Å². The van der Waals surface area contributed by atoms with Crippen LogP contribution in [-0.2, 0) is 0 Å². The predicted octanol–water partition coefficient (Wildman–Crippen LogP) is 7.47. The Kier molecular flexibility index (Phi) is 5.82. The average Bonchev–Trinajstić information content (AvgIpc) is 3.51. The Balaban J connectivity index is 1.29. The van der Waals surface area contributed by atoms with Crippen LogP contribution in [0.4, 0.5) is 0 Å². The van der Waals surface area contributed by atoms with Crippen LogP contribution >= 0.6 is 27.5 Å². The van der Waals surface area contributed by atoms with Crippen molar-refractivity contribution in [2.24, 2.45) is 5.10 Å². The zero-order chi connectivity index (χ0) is 24.8. The molecule has 6 rings (SSSR count). The van der Waals surface area contributed by atoms with Gasteiger partial charge in [-0.15, -0.1) is 0 Å². The summed E-state index contributed by atoms with van der Waals surface area (Å²) in [5, 5.41) is 7.50. The second-order valence-electron chi connectivity index (χ2n) is 8.67. The summed E-state index contributed by atoms with van der Waals surface area (Å²) in [6.45, 7) is 1.92. The van der Waals surface area contributed by atoms with Crippen molar-refractivity contribution in [3.05, 3.63) is 117 Å². The zero-order valence-electron chi connectivity index (χ0n) is 19.2. The highest BCUT2D eigenvalue weighted by Gasteiger charge is 2.41. The molecule has 0 fully saturated rings. The number of rotatable bonds is 4. The van der Waals surface area contributed by atoms with Gasteiger partial charge in [0.2, 0.25) is 6.23 Å². The van der Waals surface area contributed by atoms with Gasteiger partial charge in [-0.25, -0.2) is 9.80 Å². The SMILES string of the molecule is Cc1ccc(C2=NN3[C@H](C2)c2cc(Cl)ccc2O[C@@H]3c2ccc(OC(=O)c3ccc(Br)cc3)cc2)o1. The van der Waals surface area contributed by atoms with Crippen LogP contribution in [0.15, 0.2) is 92.9 Å². The van der Waals surface area contributed by atoms with E-state index in [9.17, 15) is 4.79 Å². The Labute approximate surface area is 221 Å². The standard InChI is InChI=1S/C28H20BrClN2O4/c1-16-2-12-26(34-16)23-15-24-22-14-20(30)9-13-25(22)36-27(32(24)31-23)17-5-10-21(11-6-17)35-28(33)18-3-7-19(29)8-4-18/h2-14,24,27H,15H2,1H3/t24-,27-/m1/s1. The molecule has 3 heterocycles. The molecule has 0 radical (unpaired) electrons. The summed E-state index contributed by atoms with van der Waals surface area (Å²) in [6.07, 6.45) is 0.205. The highest BCUT2D eigenvalue weighted by atomic mass is 79.9. The van der Waals surface area contributed by atoms with Crippen LogP contribution in [0, 0.1) is 6.92 Å². The summed E-state index contributed by atoms with van der Waals surface area (Å²) in [4.78, 5) is 12.5. The molecule has 0 spiro atoms. The molecule has 1 aromatic heterocycles. The Morgan fingerprint density at radius 1 is 1.06 bits per heavy atom. The maximum Gasteiger partial charge on any atom is 0.343 e. The molecule has 0 unspecified atom stereocenters. The highest BCUT2D eigenvalue weighted by molar-refractivity contribution is 9.10. The highest BCUT2D eigenvalue weighted by Crippen LogP contribution is 2.48. The second kappa shape index (κ2) is 9.15. The molecule has 8 heteroatoms. The molecule has 2 aliphatic rings. The summed E-state index contributed by atoms with van der Waals surface area (Å²) in [6, 6.07) is 23.8. The van der Waals surface area contributed by atoms with E-state index in [1.807, 2.05) is 54.4 Å². The van der Waals surface area contributed by atoms with Crippen molar-refractivity contribution in [1.82, 2.24) is 5.01 Å². The van der Waals surface area contributed by atoms with E-state index in [0.717, 1.165) is 38.6 Å². The van der Waals surface area contributed by atoms with Gasteiger partial charge in [0.1, 0.15) is 28.7 Å². The van der Waals surface area contributed by atoms with Crippen molar-refractivity contribution in [3.8, 4) is 11.5 Å². The summed E-state index contributed by atoms with van der Waals surface area (Å²) in [5.74, 6) is 2.38. The molecule has 3 aromatic carbocycles. The van der Waals surface area contributed by atoms with Crippen LogP contribution in [0.5, 0.6) is 11.5 Å². The van der Waals surface area contributed by atoms with E-state index < -0.39 is 12.2 Å². The quantitative estimate of drug-likeness (QED) is 0.190.